The maximum Gasteiger partial charge on any atom is 0.225 e. The first-order valence-electron chi connectivity index (χ1n) is 11.5. The first-order chi connectivity index (χ1) is 15.2. The molecule has 2 heterocycles. The summed E-state index contributed by atoms with van der Waals surface area (Å²) in [6.07, 6.45) is 1.91. The molecule has 4 rings (SSSR count). The number of carbonyl (C=O) groups is 1. The zero-order valence-corrected chi connectivity index (χ0v) is 21.0. The Kier molecular flexibility index (Phi) is 7.04. The average Bonchev–Trinajstić information content (AvgIpc) is 2.71. The lowest BCUT2D eigenvalue weighted by Gasteiger charge is -2.42. The molecule has 0 aromatic heterocycles. The van der Waals surface area contributed by atoms with Gasteiger partial charge in [0.15, 0.2) is 0 Å². The smallest absolute Gasteiger partial charge is 0.225 e. The molecule has 2 aliphatic rings. The maximum atomic E-state index is 12.2. The number of hydrogen-bond donors (Lipinski definition) is 0. The zero-order chi connectivity index (χ0) is 23.0. The number of amides is 1. The lowest BCUT2D eigenvalue weighted by molar-refractivity contribution is -0.134. The lowest BCUT2D eigenvalue weighted by Crippen LogP contribution is -2.45. The highest BCUT2D eigenvalue weighted by Crippen LogP contribution is 2.40. The molecule has 0 aliphatic carbocycles. The van der Waals surface area contributed by atoms with Crippen LogP contribution in [0.3, 0.4) is 0 Å². The predicted octanol–water partition coefficient (Wildman–Crippen LogP) is 5.51. The van der Waals surface area contributed by atoms with Crippen molar-refractivity contribution in [3.8, 4) is 0 Å². The van der Waals surface area contributed by atoms with E-state index in [1.54, 1.807) is 4.90 Å². The van der Waals surface area contributed by atoms with Crippen molar-refractivity contribution >= 4 is 34.8 Å². The zero-order valence-electron chi connectivity index (χ0n) is 19.5. The summed E-state index contributed by atoms with van der Waals surface area (Å²) in [5, 5.41) is 1.43. The minimum Gasteiger partial charge on any atom is -0.368 e. The summed E-state index contributed by atoms with van der Waals surface area (Å²) in [6, 6.07) is 10.4. The van der Waals surface area contributed by atoms with Gasteiger partial charge in [-0.15, -0.1) is 0 Å². The van der Waals surface area contributed by atoms with Crippen molar-refractivity contribution in [2.75, 3.05) is 45.2 Å². The van der Waals surface area contributed by atoms with Crippen LogP contribution in [-0.4, -0.2) is 56.0 Å². The Labute approximate surface area is 202 Å². The van der Waals surface area contributed by atoms with Crippen LogP contribution in [0.1, 0.15) is 41.0 Å². The third-order valence-corrected chi connectivity index (χ3v) is 7.69. The summed E-state index contributed by atoms with van der Waals surface area (Å²) in [5.41, 5.74) is 6.50. The van der Waals surface area contributed by atoms with Gasteiger partial charge in [-0.1, -0.05) is 41.4 Å². The molecule has 0 unspecified atom stereocenters. The molecule has 32 heavy (non-hydrogen) atoms. The van der Waals surface area contributed by atoms with E-state index in [1.165, 1.54) is 22.3 Å². The molecule has 172 valence electrons. The number of anilines is 1. The Hall–Kier alpha value is -1.75. The van der Waals surface area contributed by atoms with Gasteiger partial charge in [-0.25, -0.2) is 0 Å². The number of nitrogens with zero attached hydrogens (tertiary/aromatic N) is 3. The van der Waals surface area contributed by atoms with Crippen molar-refractivity contribution in [2.24, 2.45) is 5.92 Å². The van der Waals surface area contributed by atoms with Crippen molar-refractivity contribution in [1.29, 1.82) is 0 Å². The van der Waals surface area contributed by atoms with E-state index in [0.29, 0.717) is 5.92 Å². The van der Waals surface area contributed by atoms with Crippen LogP contribution in [0.15, 0.2) is 30.3 Å². The standard InChI is InChI=1S/C26H33Cl2N3O/c1-17-12-20(21-14-31(15-21)25-23(27)6-5-7-24(25)28)13-18(2)22(17)16-30-10-8-19(9-11-30)26(32)29(3)4/h5-7,12-13,19,21H,8-11,14-16H2,1-4H3. The molecular weight excluding hydrogens is 441 g/mol. The second kappa shape index (κ2) is 9.62. The van der Waals surface area contributed by atoms with Gasteiger partial charge in [-0.05, 0) is 74.2 Å². The number of benzene rings is 2. The van der Waals surface area contributed by atoms with Crippen molar-refractivity contribution < 1.29 is 4.79 Å². The van der Waals surface area contributed by atoms with E-state index in [1.807, 2.05) is 32.3 Å². The molecule has 0 radical (unpaired) electrons. The average molecular weight is 474 g/mol. The van der Waals surface area contributed by atoms with Gasteiger partial charge in [0.05, 0.1) is 15.7 Å². The molecule has 2 aliphatic heterocycles. The number of piperidine rings is 1. The topological polar surface area (TPSA) is 26.8 Å². The second-order valence-electron chi connectivity index (χ2n) is 9.59. The molecule has 4 nitrogen and oxygen atoms in total. The summed E-state index contributed by atoms with van der Waals surface area (Å²) in [7, 11) is 3.71. The van der Waals surface area contributed by atoms with Crippen LogP contribution in [0.4, 0.5) is 5.69 Å². The highest BCUT2D eigenvalue weighted by Gasteiger charge is 2.31. The Bertz CT molecular complexity index is 949. The van der Waals surface area contributed by atoms with Crippen LogP contribution in [-0.2, 0) is 11.3 Å². The molecule has 2 aromatic carbocycles. The monoisotopic (exact) mass is 473 g/mol. The molecule has 0 N–H and O–H groups in total. The number of rotatable bonds is 5. The minimum atomic E-state index is 0.180. The normalized spacial score (nSPS) is 18.0. The van der Waals surface area contributed by atoms with Gasteiger partial charge < -0.3 is 9.80 Å². The van der Waals surface area contributed by atoms with E-state index in [-0.39, 0.29) is 11.8 Å². The SMILES string of the molecule is Cc1cc(C2CN(c3c(Cl)cccc3Cl)C2)cc(C)c1CN1CCC(C(=O)N(C)C)CC1. The maximum absolute atomic E-state index is 12.2. The van der Waals surface area contributed by atoms with Gasteiger partial charge in [0.2, 0.25) is 5.91 Å². The fourth-order valence-corrected chi connectivity index (χ4v) is 5.74. The van der Waals surface area contributed by atoms with E-state index < -0.39 is 0 Å². The molecule has 0 bridgehead atoms. The first-order valence-corrected chi connectivity index (χ1v) is 12.2. The van der Waals surface area contributed by atoms with Gasteiger partial charge in [0.1, 0.15) is 0 Å². The Morgan fingerprint density at radius 2 is 1.59 bits per heavy atom. The molecule has 1 amide bonds. The molecular formula is C26H33Cl2N3O. The van der Waals surface area contributed by atoms with E-state index in [9.17, 15) is 4.79 Å². The Balaban J connectivity index is 1.38. The number of likely N-dealkylation sites (tertiary alicyclic amines) is 1. The van der Waals surface area contributed by atoms with Crippen LogP contribution in [0, 0.1) is 19.8 Å². The summed E-state index contributed by atoms with van der Waals surface area (Å²) in [4.78, 5) is 18.7. The number of hydrogen-bond acceptors (Lipinski definition) is 3. The Morgan fingerprint density at radius 3 is 2.12 bits per heavy atom. The second-order valence-corrected chi connectivity index (χ2v) is 10.4. The van der Waals surface area contributed by atoms with Crippen LogP contribution < -0.4 is 4.90 Å². The molecule has 2 aromatic rings. The molecule has 6 heteroatoms. The molecule has 0 saturated carbocycles. The van der Waals surface area contributed by atoms with Crippen molar-refractivity contribution in [3.63, 3.8) is 0 Å². The summed E-state index contributed by atoms with van der Waals surface area (Å²) < 4.78 is 0. The largest absolute Gasteiger partial charge is 0.368 e. The van der Waals surface area contributed by atoms with Gasteiger partial charge in [-0.2, -0.15) is 0 Å². The first kappa shape index (κ1) is 23.4. The van der Waals surface area contributed by atoms with Gasteiger partial charge in [0.25, 0.3) is 0 Å². The molecule has 2 saturated heterocycles. The number of halogens is 2. The molecule has 0 atom stereocenters. The quantitative estimate of drug-likeness (QED) is 0.572. The third kappa shape index (κ3) is 4.78. The molecule has 2 fully saturated rings. The van der Waals surface area contributed by atoms with Crippen molar-refractivity contribution in [3.05, 3.63) is 62.6 Å². The van der Waals surface area contributed by atoms with Gasteiger partial charge >= 0.3 is 0 Å². The lowest BCUT2D eigenvalue weighted by atomic mass is 9.86. The van der Waals surface area contributed by atoms with E-state index in [4.69, 9.17) is 23.2 Å². The van der Waals surface area contributed by atoms with Crippen LogP contribution in [0.2, 0.25) is 10.0 Å². The third-order valence-electron chi connectivity index (χ3n) is 7.08. The minimum absolute atomic E-state index is 0.180. The summed E-state index contributed by atoms with van der Waals surface area (Å²) >= 11 is 12.8. The van der Waals surface area contributed by atoms with E-state index >= 15 is 0 Å². The van der Waals surface area contributed by atoms with Crippen LogP contribution >= 0.6 is 23.2 Å². The number of aryl methyl sites for hydroxylation is 2. The fourth-order valence-electron chi connectivity index (χ4n) is 5.10. The van der Waals surface area contributed by atoms with E-state index in [0.717, 1.165) is 61.3 Å². The van der Waals surface area contributed by atoms with Crippen LogP contribution in [0.5, 0.6) is 0 Å². The van der Waals surface area contributed by atoms with E-state index in [2.05, 4.69) is 35.8 Å². The highest BCUT2D eigenvalue weighted by atomic mass is 35.5. The van der Waals surface area contributed by atoms with Crippen molar-refractivity contribution in [1.82, 2.24) is 9.80 Å². The van der Waals surface area contributed by atoms with Gasteiger partial charge in [-0.3, -0.25) is 9.69 Å². The Morgan fingerprint density at radius 1 is 1.03 bits per heavy atom. The number of para-hydroxylation sites is 1. The predicted molar refractivity (Wildman–Crippen MR) is 134 cm³/mol. The summed E-state index contributed by atoms with van der Waals surface area (Å²) in [5.74, 6) is 0.953. The highest BCUT2D eigenvalue weighted by molar-refractivity contribution is 6.39. The van der Waals surface area contributed by atoms with Crippen LogP contribution in [0.25, 0.3) is 0 Å². The van der Waals surface area contributed by atoms with Gasteiger partial charge in [0, 0.05) is 45.6 Å². The fraction of sp³-hybridized carbons (Fsp3) is 0.500. The molecule has 0 spiro atoms. The number of carbonyl (C=O) groups excluding carboxylic acids is 1. The van der Waals surface area contributed by atoms with Crippen molar-refractivity contribution in [2.45, 2.75) is 39.2 Å². The summed E-state index contributed by atoms with van der Waals surface area (Å²) in [6.45, 7) is 9.28.